The molecule has 0 saturated carbocycles. The van der Waals surface area contributed by atoms with Crippen molar-refractivity contribution in [3.05, 3.63) is 34.1 Å². The zero-order chi connectivity index (χ0) is 10.7. The highest BCUT2D eigenvalue weighted by Crippen LogP contribution is 2.24. The standard InChI is InChI=1S/C9H8BrFO3/c1-14-9(13)8(12)5-3-2-4-6(10)7(5)11/h2-4,8,12H,1H3. The van der Waals surface area contributed by atoms with Gasteiger partial charge in [0.25, 0.3) is 0 Å². The summed E-state index contributed by atoms with van der Waals surface area (Å²) in [6.45, 7) is 0. The second-order valence-corrected chi connectivity index (χ2v) is 3.42. The van der Waals surface area contributed by atoms with Gasteiger partial charge >= 0.3 is 5.97 Å². The van der Waals surface area contributed by atoms with Gasteiger partial charge in [-0.25, -0.2) is 9.18 Å². The van der Waals surface area contributed by atoms with Gasteiger partial charge in [-0.1, -0.05) is 12.1 Å². The third-order valence-corrected chi connectivity index (χ3v) is 2.31. The van der Waals surface area contributed by atoms with E-state index in [1.807, 2.05) is 0 Å². The smallest absolute Gasteiger partial charge is 0.339 e. The highest BCUT2D eigenvalue weighted by atomic mass is 79.9. The van der Waals surface area contributed by atoms with Crippen molar-refractivity contribution in [1.29, 1.82) is 0 Å². The molecule has 0 aliphatic heterocycles. The van der Waals surface area contributed by atoms with Crippen LogP contribution in [0.3, 0.4) is 0 Å². The molecule has 0 spiro atoms. The molecule has 0 radical (unpaired) electrons. The lowest BCUT2D eigenvalue weighted by molar-refractivity contribution is -0.150. The molecule has 1 atom stereocenters. The number of carbonyl (C=O) groups excluding carboxylic acids is 1. The van der Waals surface area contributed by atoms with Crippen molar-refractivity contribution in [1.82, 2.24) is 0 Å². The summed E-state index contributed by atoms with van der Waals surface area (Å²) in [4.78, 5) is 10.9. The van der Waals surface area contributed by atoms with Crippen molar-refractivity contribution >= 4 is 21.9 Å². The number of ether oxygens (including phenoxy) is 1. The van der Waals surface area contributed by atoms with Crippen LogP contribution in [0.25, 0.3) is 0 Å². The normalized spacial score (nSPS) is 12.3. The number of aliphatic hydroxyl groups is 1. The van der Waals surface area contributed by atoms with Crippen LogP contribution in [0.1, 0.15) is 11.7 Å². The number of hydrogen-bond acceptors (Lipinski definition) is 3. The Kier molecular flexibility index (Phi) is 3.60. The predicted octanol–water partition coefficient (Wildman–Crippen LogP) is 1.79. The summed E-state index contributed by atoms with van der Waals surface area (Å²) >= 11 is 2.95. The fraction of sp³-hybridized carbons (Fsp3) is 0.222. The molecule has 76 valence electrons. The molecule has 0 bridgehead atoms. The van der Waals surface area contributed by atoms with Gasteiger partial charge in [0.15, 0.2) is 6.10 Å². The SMILES string of the molecule is COC(=O)C(O)c1cccc(Br)c1F. The molecule has 1 unspecified atom stereocenters. The molecule has 14 heavy (non-hydrogen) atoms. The Bertz CT molecular complexity index is 354. The summed E-state index contributed by atoms with van der Waals surface area (Å²) in [5, 5.41) is 9.36. The summed E-state index contributed by atoms with van der Waals surface area (Å²) in [6.07, 6.45) is -1.59. The average Bonchev–Trinajstić information content (AvgIpc) is 2.20. The first kappa shape index (κ1) is 11.1. The summed E-state index contributed by atoms with van der Waals surface area (Å²) in [7, 11) is 1.13. The van der Waals surface area contributed by atoms with Crippen LogP contribution in [0.4, 0.5) is 4.39 Å². The van der Waals surface area contributed by atoms with Crippen molar-refractivity contribution in [3.8, 4) is 0 Å². The number of methoxy groups -OCH3 is 1. The number of carbonyl (C=O) groups is 1. The highest BCUT2D eigenvalue weighted by Gasteiger charge is 2.22. The number of halogens is 2. The molecule has 0 aliphatic rings. The molecule has 3 nitrogen and oxygen atoms in total. The van der Waals surface area contributed by atoms with E-state index in [9.17, 15) is 14.3 Å². The maximum absolute atomic E-state index is 13.3. The zero-order valence-corrected chi connectivity index (χ0v) is 8.92. The quantitative estimate of drug-likeness (QED) is 0.827. The van der Waals surface area contributed by atoms with Crippen LogP contribution < -0.4 is 0 Å². The molecule has 1 rings (SSSR count). The van der Waals surface area contributed by atoms with E-state index in [4.69, 9.17) is 0 Å². The number of rotatable bonds is 2. The lowest BCUT2D eigenvalue weighted by Crippen LogP contribution is -2.14. The van der Waals surface area contributed by atoms with Gasteiger partial charge in [0, 0.05) is 5.56 Å². The topological polar surface area (TPSA) is 46.5 Å². The number of esters is 1. The third-order valence-electron chi connectivity index (χ3n) is 1.70. The van der Waals surface area contributed by atoms with E-state index in [-0.39, 0.29) is 10.0 Å². The van der Waals surface area contributed by atoms with Crippen molar-refractivity contribution in [3.63, 3.8) is 0 Å². The minimum atomic E-state index is -1.59. The van der Waals surface area contributed by atoms with Crippen molar-refractivity contribution in [2.45, 2.75) is 6.10 Å². The highest BCUT2D eigenvalue weighted by molar-refractivity contribution is 9.10. The molecule has 1 aromatic rings. The minimum Gasteiger partial charge on any atom is -0.467 e. The summed E-state index contributed by atoms with van der Waals surface area (Å²) in [5.74, 6) is -1.55. The number of benzene rings is 1. The van der Waals surface area contributed by atoms with E-state index in [1.165, 1.54) is 18.2 Å². The Morgan fingerprint density at radius 1 is 1.64 bits per heavy atom. The monoisotopic (exact) mass is 262 g/mol. The zero-order valence-electron chi connectivity index (χ0n) is 7.33. The van der Waals surface area contributed by atoms with Gasteiger partial charge in [0.2, 0.25) is 0 Å². The van der Waals surface area contributed by atoms with Crippen LogP contribution >= 0.6 is 15.9 Å². The van der Waals surface area contributed by atoms with Gasteiger partial charge in [-0.3, -0.25) is 0 Å². The molecular formula is C9H8BrFO3. The van der Waals surface area contributed by atoms with E-state index < -0.39 is 17.9 Å². The van der Waals surface area contributed by atoms with Gasteiger partial charge in [-0.15, -0.1) is 0 Å². The Morgan fingerprint density at radius 2 is 2.29 bits per heavy atom. The largest absolute Gasteiger partial charge is 0.467 e. The van der Waals surface area contributed by atoms with Gasteiger partial charge in [0.1, 0.15) is 5.82 Å². The van der Waals surface area contributed by atoms with Gasteiger partial charge in [0.05, 0.1) is 11.6 Å². The predicted molar refractivity (Wildman–Crippen MR) is 51.1 cm³/mol. The lowest BCUT2D eigenvalue weighted by Gasteiger charge is -2.09. The molecule has 0 heterocycles. The fourth-order valence-electron chi connectivity index (χ4n) is 0.970. The molecule has 0 aromatic heterocycles. The van der Waals surface area contributed by atoms with Gasteiger partial charge < -0.3 is 9.84 Å². The Morgan fingerprint density at radius 3 is 2.86 bits per heavy atom. The lowest BCUT2D eigenvalue weighted by atomic mass is 10.1. The second-order valence-electron chi connectivity index (χ2n) is 2.57. The Balaban J connectivity index is 3.07. The van der Waals surface area contributed by atoms with Crippen LogP contribution in [0.5, 0.6) is 0 Å². The fourth-order valence-corrected chi connectivity index (χ4v) is 1.35. The van der Waals surface area contributed by atoms with Crippen molar-refractivity contribution < 1.29 is 19.0 Å². The molecule has 0 aliphatic carbocycles. The van der Waals surface area contributed by atoms with E-state index in [0.29, 0.717) is 0 Å². The Labute approximate surface area is 88.6 Å². The first-order valence-corrected chi connectivity index (χ1v) is 4.57. The summed E-state index contributed by atoms with van der Waals surface area (Å²) in [6, 6.07) is 4.32. The van der Waals surface area contributed by atoms with E-state index in [2.05, 4.69) is 20.7 Å². The van der Waals surface area contributed by atoms with Crippen LogP contribution in [0.2, 0.25) is 0 Å². The molecule has 5 heteroatoms. The van der Waals surface area contributed by atoms with Crippen molar-refractivity contribution in [2.75, 3.05) is 7.11 Å². The van der Waals surface area contributed by atoms with Crippen LogP contribution in [-0.4, -0.2) is 18.2 Å². The first-order chi connectivity index (χ1) is 6.57. The average molecular weight is 263 g/mol. The molecule has 0 fully saturated rings. The maximum Gasteiger partial charge on any atom is 0.339 e. The molecular weight excluding hydrogens is 255 g/mol. The third kappa shape index (κ3) is 2.10. The molecule has 0 amide bonds. The number of hydrogen-bond donors (Lipinski definition) is 1. The molecule has 1 aromatic carbocycles. The molecule has 1 N–H and O–H groups in total. The van der Waals surface area contributed by atoms with Crippen molar-refractivity contribution in [2.24, 2.45) is 0 Å². The summed E-state index contributed by atoms with van der Waals surface area (Å²) < 4.78 is 17.8. The second kappa shape index (κ2) is 4.52. The van der Waals surface area contributed by atoms with Crippen LogP contribution in [-0.2, 0) is 9.53 Å². The van der Waals surface area contributed by atoms with Gasteiger partial charge in [-0.2, -0.15) is 0 Å². The van der Waals surface area contributed by atoms with E-state index in [1.54, 1.807) is 0 Å². The Hall–Kier alpha value is -0.940. The first-order valence-electron chi connectivity index (χ1n) is 3.77. The summed E-state index contributed by atoms with van der Waals surface area (Å²) in [5.41, 5.74) is -0.105. The molecule has 0 saturated heterocycles. The minimum absolute atomic E-state index is 0.105. The maximum atomic E-state index is 13.3. The van der Waals surface area contributed by atoms with Gasteiger partial charge in [-0.05, 0) is 22.0 Å². The van der Waals surface area contributed by atoms with Crippen LogP contribution in [0.15, 0.2) is 22.7 Å². The van der Waals surface area contributed by atoms with E-state index >= 15 is 0 Å². The van der Waals surface area contributed by atoms with E-state index in [0.717, 1.165) is 7.11 Å². The van der Waals surface area contributed by atoms with Crippen LogP contribution in [0, 0.1) is 5.82 Å². The number of aliphatic hydroxyl groups excluding tert-OH is 1.